The number of aryl methyl sites for hydroxylation is 2. The lowest BCUT2D eigenvalue weighted by Crippen LogP contribution is -2.46. The summed E-state index contributed by atoms with van der Waals surface area (Å²) in [7, 11) is 0. The summed E-state index contributed by atoms with van der Waals surface area (Å²) in [5.74, 6) is 0.776. The van der Waals surface area contributed by atoms with Gasteiger partial charge < -0.3 is 15.4 Å². The van der Waals surface area contributed by atoms with Crippen LogP contribution in [0.25, 0.3) is 16.8 Å². The maximum atomic E-state index is 12.6. The second-order valence-electron chi connectivity index (χ2n) is 8.04. The number of benzene rings is 1. The Morgan fingerprint density at radius 3 is 2.80 bits per heavy atom. The van der Waals surface area contributed by atoms with Crippen LogP contribution in [0.3, 0.4) is 0 Å². The monoisotopic (exact) mass is 406 g/mol. The number of rotatable bonds is 5. The minimum Gasteiger partial charge on any atom is -0.464 e. The van der Waals surface area contributed by atoms with Crippen molar-refractivity contribution in [1.29, 1.82) is 0 Å². The van der Waals surface area contributed by atoms with Crippen molar-refractivity contribution in [3.63, 3.8) is 0 Å². The smallest absolute Gasteiger partial charge is 0.328 e. The molecule has 6 heteroatoms. The van der Waals surface area contributed by atoms with Crippen molar-refractivity contribution >= 4 is 17.4 Å². The first-order valence-electron chi connectivity index (χ1n) is 10.7. The SMILES string of the molecule is CCOC(=O)C1CCCCN1c1cnc2cc(CN)c(-c3ccc(C)cc3C)cn12. The molecular formula is C24H30N4O2. The first-order chi connectivity index (χ1) is 14.5. The fourth-order valence-corrected chi connectivity index (χ4v) is 4.48. The second-order valence-corrected chi connectivity index (χ2v) is 8.04. The molecule has 158 valence electrons. The number of pyridine rings is 1. The third-order valence-electron chi connectivity index (χ3n) is 5.96. The van der Waals surface area contributed by atoms with E-state index in [2.05, 4.69) is 58.6 Å². The van der Waals surface area contributed by atoms with Crippen molar-refractivity contribution in [2.45, 2.75) is 52.6 Å². The van der Waals surface area contributed by atoms with Crippen molar-refractivity contribution in [1.82, 2.24) is 9.38 Å². The Balaban J connectivity index is 1.83. The number of carbonyl (C=O) groups excluding carboxylic acids is 1. The highest BCUT2D eigenvalue weighted by Crippen LogP contribution is 2.32. The van der Waals surface area contributed by atoms with E-state index < -0.39 is 0 Å². The Morgan fingerprint density at radius 1 is 1.23 bits per heavy atom. The van der Waals surface area contributed by atoms with E-state index in [0.29, 0.717) is 13.2 Å². The number of esters is 1. The molecule has 0 spiro atoms. The summed E-state index contributed by atoms with van der Waals surface area (Å²) >= 11 is 0. The summed E-state index contributed by atoms with van der Waals surface area (Å²) in [6.45, 7) is 7.73. The topological polar surface area (TPSA) is 72.9 Å². The minimum absolute atomic E-state index is 0.152. The number of nitrogens with two attached hydrogens (primary N) is 1. The van der Waals surface area contributed by atoms with Gasteiger partial charge in [0.25, 0.3) is 0 Å². The molecule has 0 radical (unpaired) electrons. The molecule has 1 aromatic carbocycles. The Morgan fingerprint density at radius 2 is 2.07 bits per heavy atom. The van der Waals surface area contributed by atoms with Crippen LogP contribution in [0.5, 0.6) is 0 Å². The van der Waals surface area contributed by atoms with Crippen LogP contribution in [0.15, 0.2) is 36.7 Å². The van der Waals surface area contributed by atoms with Gasteiger partial charge in [-0.25, -0.2) is 9.78 Å². The molecule has 1 saturated heterocycles. The lowest BCUT2D eigenvalue weighted by molar-refractivity contribution is -0.145. The third-order valence-corrected chi connectivity index (χ3v) is 5.96. The highest BCUT2D eigenvalue weighted by atomic mass is 16.5. The van der Waals surface area contributed by atoms with Gasteiger partial charge in [0.1, 0.15) is 17.5 Å². The maximum Gasteiger partial charge on any atom is 0.328 e. The summed E-state index contributed by atoms with van der Waals surface area (Å²) in [6, 6.07) is 8.27. The summed E-state index contributed by atoms with van der Waals surface area (Å²) in [5.41, 5.74) is 12.7. The van der Waals surface area contributed by atoms with E-state index in [-0.39, 0.29) is 12.0 Å². The molecule has 2 aromatic heterocycles. The van der Waals surface area contributed by atoms with Crippen LogP contribution in [-0.2, 0) is 16.1 Å². The van der Waals surface area contributed by atoms with Gasteiger partial charge in [-0.05, 0) is 62.8 Å². The Kier molecular flexibility index (Phi) is 5.77. The summed E-state index contributed by atoms with van der Waals surface area (Å²) in [5, 5.41) is 0. The number of aromatic nitrogens is 2. The van der Waals surface area contributed by atoms with Gasteiger partial charge in [-0.3, -0.25) is 4.40 Å². The third kappa shape index (κ3) is 3.67. The van der Waals surface area contributed by atoms with E-state index in [9.17, 15) is 4.79 Å². The van der Waals surface area contributed by atoms with Gasteiger partial charge in [0.05, 0.1) is 12.8 Å². The number of hydrogen-bond donors (Lipinski definition) is 1. The van der Waals surface area contributed by atoms with Gasteiger partial charge in [0.15, 0.2) is 0 Å². The molecule has 0 saturated carbocycles. The zero-order valence-corrected chi connectivity index (χ0v) is 18.0. The van der Waals surface area contributed by atoms with E-state index in [1.165, 1.54) is 16.7 Å². The maximum absolute atomic E-state index is 12.6. The predicted octanol–water partition coefficient (Wildman–Crippen LogP) is 4.00. The number of carbonyl (C=O) groups is 1. The molecule has 6 nitrogen and oxygen atoms in total. The molecule has 1 unspecified atom stereocenters. The van der Waals surface area contributed by atoms with E-state index in [0.717, 1.165) is 48.4 Å². The van der Waals surface area contributed by atoms with Crippen molar-refractivity contribution in [2.24, 2.45) is 5.73 Å². The molecule has 1 atom stereocenters. The molecule has 0 amide bonds. The van der Waals surface area contributed by atoms with E-state index in [1.54, 1.807) is 0 Å². The number of nitrogens with zero attached hydrogens (tertiary/aromatic N) is 3. The van der Waals surface area contributed by atoms with Crippen LogP contribution in [0.1, 0.15) is 42.9 Å². The number of imidazole rings is 1. The fourth-order valence-electron chi connectivity index (χ4n) is 4.48. The molecule has 1 aliphatic heterocycles. The van der Waals surface area contributed by atoms with E-state index in [1.807, 2.05) is 13.1 Å². The van der Waals surface area contributed by atoms with Crippen molar-refractivity contribution in [2.75, 3.05) is 18.1 Å². The fraction of sp³-hybridized carbons (Fsp3) is 0.417. The molecule has 1 aliphatic rings. The average molecular weight is 407 g/mol. The van der Waals surface area contributed by atoms with Crippen LogP contribution >= 0.6 is 0 Å². The molecule has 1 fully saturated rings. The molecular weight excluding hydrogens is 376 g/mol. The van der Waals surface area contributed by atoms with Gasteiger partial charge in [-0.15, -0.1) is 0 Å². The zero-order valence-electron chi connectivity index (χ0n) is 18.0. The number of anilines is 1. The van der Waals surface area contributed by atoms with Crippen LogP contribution in [0, 0.1) is 13.8 Å². The minimum atomic E-state index is -0.266. The number of fused-ring (bicyclic) bond motifs is 1. The van der Waals surface area contributed by atoms with Crippen LogP contribution in [0.2, 0.25) is 0 Å². The summed E-state index contributed by atoms with van der Waals surface area (Å²) < 4.78 is 7.44. The lowest BCUT2D eigenvalue weighted by Gasteiger charge is -2.35. The molecule has 30 heavy (non-hydrogen) atoms. The van der Waals surface area contributed by atoms with Crippen molar-refractivity contribution in [3.8, 4) is 11.1 Å². The quantitative estimate of drug-likeness (QED) is 0.649. The Bertz CT molecular complexity index is 1070. The highest BCUT2D eigenvalue weighted by molar-refractivity contribution is 5.80. The standard InChI is InChI=1S/C24H30N4O2/c1-4-30-24(29)21-7-5-6-10-27(21)23-14-26-22-12-18(13-25)20(15-28(22)23)19-9-8-16(2)11-17(19)3/h8-9,11-12,14-15,21H,4-7,10,13,25H2,1-3H3. The van der Waals surface area contributed by atoms with Crippen molar-refractivity contribution < 1.29 is 9.53 Å². The predicted molar refractivity (Wildman–Crippen MR) is 120 cm³/mol. The molecule has 3 aromatic rings. The Hall–Kier alpha value is -2.86. The first kappa shape index (κ1) is 20.4. The lowest BCUT2D eigenvalue weighted by atomic mass is 9.96. The first-order valence-corrected chi connectivity index (χ1v) is 10.7. The highest BCUT2D eigenvalue weighted by Gasteiger charge is 2.31. The van der Waals surface area contributed by atoms with Crippen LogP contribution < -0.4 is 10.6 Å². The van der Waals surface area contributed by atoms with E-state index in [4.69, 9.17) is 10.5 Å². The van der Waals surface area contributed by atoms with Crippen molar-refractivity contribution in [3.05, 3.63) is 53.3 Å². The summed E-state index contributed by atoms with van der Waals surface area (Å²) in [4.78, 5) is 19.4. The molecule has 3 heterocycles. The van der Waals surface area contributed by atoms with Gasteiger partial charge in [0, 0.05) is 24.8 Å². The van der Waals surface area contributed by atoms with Gasteiger partial charge in [0.2, 0.25) is 0 Å². The Labute approximate surface area is 177 Å². The molecule has 2 N–H and O–H groups in total. The van der Waals surface area contributed by atoms with Crippen LogP contribution in [-0.4, -0.2) is 34.5 Å². The number of hydrogen-bond acceptors (Lipinski definition) is 5. The average Bonchev–Trinajstić information content (AvgIpc) is 3.15. The molecule has 0 aliphatic carbocycles. The normalized spacial score (nSPS) is 16.8. The summed E-state index contributed by atoms with van der Waals surface area (Å²) in [6.07, 6.45) is 6.86. The molecule has 4 rings (SSSR count). The zero-order chi connectivity index (χ0) is 21.3. The number of piperidine rings is 1. The van der Waals surface area contributed by atoms with Gasteiger partial charge in [-0.1, -0.05) is 23.8 Å². The van der Waals surface area contributed by atoms with E-state index >= 15 is 0 Å². The van der Waals surface area contributed by atoms with Gasteiger partial charge >= 0.3 is 5.97 Å². The second kappa shape index (κ2) is 8.48. The van der Waals surface area contributed by atoms with Crippen LogP contribution in [0.4, 0.5) is 5.82 Å². The largest absolute Gasteiger partial charge is 0.464 e. The van der Waals surface area contributed by atoms with Gasteiger partial charge in [-0.2, -0.15) is 0 Å². The number of ether oxygens (including phenoxy) is 1. The molecule has 0 bridgehead atoms.